The molecule has 0 bridgehead atoms. The van der Waals surface area contributed by atoms with Crippen LogP contribution in [0, 0.1) is 25.5 Å². The molecule has 0 saturated heterocycles. The fourth-order valence-electron chi connectivity index (χ4n) is 4.48. The van der Waals surface area contributed by atoms with Crippen molar-refractivity contribution in [2.24, 2.45) is 0 Å². The lowest BCUT2D eigenvalue weighted by Gasteiger charge is -2.10. The van der Waals surface area contributed by atoms with Gasteiger partial charge in [-0.1, -0.05) is 58.9 Å². The number of benzene rings is 4. The molecule has 0 saturated carbocycles. The zero-order valence-electron chi connectivity index (χ0n) is 23.9. The van der Waals surface area contributed by atoms with E-state index in [1.165, 1.54) is 24.3 Å². The zero-order valence-corrected chi connectivity index (χ0v) is 23.9. The monoisotopic (exact) mass is 544 g/mol. The van der Waals surface area contributed by atoms with E-state index in [2.05, 4.69) is 0 Å². The van der Waals surface area contributed by atoms with Crippen LogP contribution >= 0.6 is 0 Å². The van der Waals surface area contributed by atoms with Crippen LogP contribution in [0.5, 0.6) is 11.5 Å². The van der Waals surface area contributed by atoms with Crippen molar-refractivity contribution >= 4 is 11.9 Å². The topological polar surface area (TPSA) is 52.6 Å². The predicted molar refractivity (Wildman–Crippen MR) is 154 cm³/mol. The minimum absolute atomic E-state index is 0.0838. The van der Waals surface area contributed by atoms with Gasteiger partial charge in [0, 0.05) is 5.92 Å². The van der Waals surface area contributed by atoms with E-state index >= 15 is 0 Å². The normalized spacial score (nSPS) is 11.2. The van der Waals surface area contributed by atoms with E-state index in [1.54, 1.807) is 50.2 Å². The number of carbonyl (C=O) groups excluding carboxylic acids is 2. The average Bonchev–Trinajstić information content (AvgIpc) is 3.21. The second-order valence-corrected chi connectivity index (χ2v) is 8.97. The molecule has 0 radical (unpaired) electrons. The standard InChI is InChI=1S/C30H22F2O4.2C2H6/c1-16-4-8-23(27(31)12-16)29(33)35-19-6-10-21-22-11-7-20(15-26(22)18(3)25(21)14-19)36-30(34)24-9-5-17(2)13-28(24)32;2*1-2/h4-15,18H,1-3H3;2*1-2H3. The quantitative estimate of drug-likeness (QED) is 0.190. The van der Waals surface area contributed by atoms with Crippen molar-refractivity contribution in [2.75, 3.05) is 0 Å². The Morgan fingerprint density at radius 1 is 0.600 bits per heavy atom. The van der Waals surface area contributed by atoms with Gasteiger partial charge in [-0.25, -0.2) is 18.4 Å². The number of esters is 2. The Balaban J connectivity index is 0.00000106. The van der Waals surface area contributed by atoms with E-state index in [0.29, 0.717) is 22.6 Å². The number of hydrogen-bond donors (Lipinski definition) is 0. The van der Waals surface area contributed by atoms with E-state index < -0.39 is 23.6 Å². The number of ether oxygens (including phenoxy) is 2. The third-order valence-electron chi connectivity index (χ3n) is 6.38. The van der Waals surface area contributed by atoms with Crippen molar-refractivity contribution in [3.05, 3.63) is 118 Å². The van der Waals surface area contributed by atoms with E-state index in [9.17, 15) is 18.4 Å². The molecular formula is C34H34F2O4. The van der Waals surface area contributed by atoms with E-state index in [1.807, 2.05) is 46.8 Å². The van der Waals surface area contributed by atoms with Crippen LogP contribution in [-0.4, -0.2) is 11.9 Å². The number of carbonyl (C=O) groups is 2. The fourth-order valence-corrected chi connectivity index (χ4v) is 4.48. The van der Waals surface area contributed by atoms with Crippen LogP contribution in [-0.2, 0) is 0 Å². The Kier molecular flexibility index (Phi) is 9.94. The maximum Gasteiger partial charge on any atom is 0.346 e. The summed E-state index contributed by atoms with van der Waals surface area (Å²) in [6.45, 7) is 13.5. The molecule has 0 aromatic heterocycles. The SMILES string of the molecule is CC.CC.Cc1ccc(C(=O)Oc2ccc3c(c2)C(C)c2cc(OC(=O)c4ccc(C)cc4F)ccc2-3)c(F)c1. The highest BCUT2D eigenvalue weighted by atomic mass is 19.1. The molecule has 6 heteroatoms. The van der Waals surface area contributed by atoms with Gasteiger partial charge in [-0.15, -0.1) is 0 Å². The molecule has 0 amide bonds. The van der Waals surface area contributed by atoms with Crippen molar-refractivity contribution in [1.82, 2.24) is 0 Å². The number of halogens is 2. The van der Waals surface area contributed by atoms with E-state index in [-0.39, 0.29) is 17.0 Å². The van der Waals surface area contributed by atoms with Gasteiger partial charge < -0.3 is 9.47 Å². The Hall–Kier alpha value is -4.32. The van der Waals surface area contributed by atoms with Gasteiger partial charge in [-0.3, -0.25) is 0 Å². The van der Waals surface area contributed by atoms with Gasteiger partial charge >= 0.3 is 11.9 Å². The fraction of sp³-hybridized carbons (Fsp3) is 0.235. The minimum Gasteiger partial charge on any atom is -0.423 e. The van der Waals surface area contributed by atoms with Crippen LogP contribution in [0.3, 0.4) is 0 Å². The van der Waals surface area contributed by atoms with Gasteiger partial charge in [0.25, 0.3) is 0 Å². The molecule has 40 heavy (non-hydrogen) atoms. The maximum absolute atomic E-state index is 14.2. The molecular weight excluding hydrogens is 510 g/mol. The summed E-state index contributed by atoms with van der Waals surface area (Å²) in [7, 11) is 0. The summed E-state index contributed by atoms with van der Waals surface area (Å²) in [6, 6.07) is 19.2. The molecule has 0 N–H and O–H groups in total. The summed E-state index contributed by atoms with van der Waals surface area (Å²) in [5, 5.41) is 0. The van der Waals surface area contributed by atoms with Crippen molar-refractivity contribution in [2.45, 2.75) is 54.4 Å². The summed E-state index contributed by atoms with van der Waals surface area (Å²) in [4.78, 5) is 25.0. The van der Waals surface area contributed by atoms with Gasteiger partial charge in [0.05, 0.1) is 11.1 Å². The Morgan fingerprint density at radius 2 is 0.975 bits per heavy atom. The van der Waals surface area contributed by atoms with Crippen LogP contribution in [0.1, 0.15) is 83.5 Å². The van der Waals surface area contributed by atoms with Gasteiger partial charge in [0.1, 0.15) is 23.1 Å². The third kappa shape index (κ3) is 6.28. The molecule has 0 heterocycles. The molecule has 0 fully saturated rings. The average molecular weight is 545 g/mol. The van der Waals surface area contributed by atoms with Crippen molar-refractivity contribution in [1.29, 1.82) is 0 Å². The smallest absolute Gasteiger partial charge is 0.346 e. The highest BCUT2D eigenvalue weighted by molar-refractivity contribution is 5.92. The van der Waals surface area contributed by atoms with Crippen LogP contribution in [0.15, 0.2) is 72.8 Å². The molecule has 4 aromatic rings. The van der Waals surface area contributed by atoms with E-state index in [4.69, 9.17) is 9.47 Å². The molecule has 5 rings (SSSR count). The molecule has 208 valence electrons. The molecule has 0 spiro atoms. The number of hydrogen-bond acceptors (Lipinski definition) is 4. The molecule has 4 nitrogen and oxygen atoms in total. The predicted octanol–water partition coefficient (Wildman–Crippen LogP) is 9.20. The first kappa shape index (κ1) is 30.2. The first-order valence-electron chi connectivity index (χ1n) is 13.5. The number of fused-ring (bicyclic) bond motifs is 3. The summed E-state index contributed by atoms with van der Waals surface area (Å²) in [5.74, 6) is -2.27. The lowest BCUT2D eigenvalue weighted by atomic mass is 9.99. The molecule has 4 aromatic carbocycles. The maximum atomic E-state index is 14.2. The van der Waals surface area contributed by atoms with Crippen LogP contribution < -0.4 is 9.47 Å². The van der Waals surface area contributed by atoms with E-state index in [0.717, 1.165) is 22.3 Å². The third-order valence-corrected chi connectivity index (χ3v) is 6.38. The number of rotatable bonds is 4. The summed E-state index contributed by atoms with van der Waals surface area (Å²) >= 11 is 0. The van der Waals surface area contributed by atoms with Crippen molar-refractivity contribution in [3.63, 3.8) is 0 Å². The molecule has 0 unspecified atom stereocenters. The summed E-state index contributed by atoms with van der Waals surface area (Å²) < 4.78 is 39.3. The lowest BCUT2D eigenvalue weighted by molar-refractivity contribution is 0.0720. The summed E-state index contributed by atoms with van der Waals surface area (Å²) in [5.41, 5.74) is 4.93. The Bertz CT molecular complexity index is 1430. The highest BCUT2D eigenvalue weighted by Crippen LogP contribution is 2.47. The minimum atomic E-state index is -0.770. The van der Waals surface area contributed by atoms with Gasteiger partial charge in [-0.05, 0) is 95.8 Å². The van der Waals surface area contributed by atoms with Gasteiger partial charge in [0.2, 0.25) is 0 Å². The highest BCUT2D eigenvalue weighted by Gasteiger charge is 2.27. The van der Waals surface area contributed by atoms with Crippen molar-refractivity contribution in [3.8, 4) is 22.6 Å². The molecule has 1 aliphatic rings. The van der Waals surface area contributed by atoms with Crippen LogP contribution in [0.4, 0.5) is 8.78 Å². The second kappa shape index (κ2) is 13.2. The van der Waals surface area contributed by atoms with Crippen LogP contribution in [0.2, 0.25) is 0 Å². The lowest BCUT2D eigenvalue weighted by Crippen LogP contribution is -2.11. The van der Waals surface area contributed by atoms with Gasteiger partial charge in [0.15, 0.2) is 0 Å². The van der Waals surface area contributed by atoms with Gasteiger partial charge in [-0.2, -0.15) is 0 Å². The second-order valence-electron chi connectivity index (χ2n) is 8.97. The largest absolute Gasteiger partial charge is 0.423 e. The van der Waals surface area contributed by atoms with Crippen molar-refractivity contribution < 1.29 is 27.8 Å². The van der Waals surface area contributed by atoms with Crippen LogP contribution in [0.25, 0.3) is 11.1 Å². The Morgan fingerprint density at radius 3 is 1.32 bits per heavy atom. The zero-order chi connectivity index (χ0) is 29.6. The molecule has 0 aliphatic heterocycles. The first-order valence-corrected chi connectivity index (χ1v) is 13.5. The number of aryl methyl sites for hydroxylation is 2. The first-order chi connectivity index (χ1) is 19.2. The molecule has 0 atom stereocenters. The summed E-state index contributed by atoms with van der Waals surface area (Å²) in [6.07, 6.45) is 0. The molecule has 1 aliphatic carbocycles. The Labute approximate surface area is 234 Å².